The van der Waals surface area contributed by atoms with E-state index in [0.29, 0.717) is 11.4 Å². The Morgan fingerprint density at radius 3 is 2.36 bits per heavy atom. The van der Waals surface area contributed by atoms with E-state index in [1.165, 1.54) is 50.5 Å². The Morgan fingerprint density at radius 2 is 1.80 bits per heavy atom. The fourth-order valence-electron chi connectivity index (χ4n) is 1.93. The Bertz CT molecular complexity index is 871. The highest BCUT2D eigenvalue weighted by molar-refractivity contribution is 7.89. The zero-order valence-corrected chi connectivity index (χ0v) is 15.2. The molecule has 25 heavy (non-hydrogen) atoms. The van der Waals surface area contributed by atoms with E-state index in [0.717, 1.165) is 10.4 Å². The van der Waals surface area contributed by atoms with Gasteiger partial charge in [0.15, 0.2) is 0 Å². The summed E-state index contributed by atoms with van der Waals surface area (Å²) < 4.78 is 38.0. The summed E-state index contributed by atoms with van der Waals surface area (Å²) >= 11 is 5.86. The summed E-state index contributed by atoms with van der Waals surface area (Å²) in [4.78, 5) is 12.1. The Balaban J connectivity index is 1.97. The zero-order chi connectivity index (χ0) is 18.6. The molecule has 0 atom stereocenters. The van der Waals surface area contributed by atoms with Gasteiger partial charge in [0.2, 0.25) is 15.9 Å². The number of carbonyl (C=O) groups is 1. The number of anilines is 2. The van der Waals surface area contributed by atoms with E-state index in [-0.39, 0.29) is 22.4 Å². The van der Waals surface area contributed by atoms with Gasteiger partial charge in [-0.05, 0) is 42.5 Å². The van der Waals surface area contributed by atoms with Gasteiger partial charge in [-0.3, -0.25) is 4.79 Å². The van der Waals surface area contributed by atoms with Crippen LogP contribution in [0.3, 0.4) is 0 Å². The predicted molar refractivity (Wildman–Crippen MR) is 95.8 cm³/mol. The third kappa shape index (κ3) is 4.91. The third-order valence-corrected chi connectivity index (χ3v) is 5.43. The van der Waals surface area contributed by atoms with Crippen LogP contribution in [0, 0.1) is 5.82 Å². The fourth-order valence-corrected chi connectivity index (χ4v) is 3.07. The zero-order valence-electron chi connectivity index (χ0n) is 13.6. The molecule has 2 aromatic carbocycles. The van der Waals surface area contributed by atoms with Crippen LogP contribution in [0.5, 0.6) is 0 Å². The highest BCUT2D eigenvalue weighted by Gasteiger charge is 2.16. The summed E-state index contributed by atoms with van der Waals surface area (Å²) in [6.07, 6.45) is 0. The number of halogens is 2. The molecule has 1 amide bonds. The SMILES string of the molecule is CN(C)S(=O)(=O)c1ccc(NC(=O)CNc2ccc(F)cc2Cl)cc1. The Hall–Kier alpha value is -2.16. The van der Waals surface area contributed by atoms with Crippen LogP contribution >= 0.6 is 11.6 Å². The lowest BCUT2D eigenvalue weighted by Gasteiger charge is -2.12. The number of rotatable bonds is 6. The van der Waals surface area contributed by atoms with E-state index in [4.69, 9.17) is 11.6 Å². The molecule has 0 aliphatic rings. The van der Waals surface area contributed by atoms with Crippen molar-refractivity contribution in [2.45, 2.75) is 4.90 Å². The number of carbonyl (C=O) groups excluding carboxylic acids is 1. The lowest BCUT2D eigenvalue weighted by molar-refractivity contribution is -0.114. The van der Waals surface area contributed by atoms with E-state index in [1.807, 2.05) is 0 Å². The van der Waals surface area contributed by atoms with E-state index in [9.17, 15) is 17.6 Å². The largest absolute Gasteiger partial charge is 0.375 e. The van der Waals surface area contributed by atoms with Crippen molar-refractivity contribution in [3.8, 4) is 0 Å². The van der Waals surface area contributed by atoms with Crippen molar-refractivity contribution >= 4 is 38.9 Å². The van der Waals surface area contributed by atoms with Crippen LogP contribution in [0.4, 0.5) is 15.8 Å². The van der Waals surface area contributed by atoms with E-state index < -0.39 is 15.8 Å². The molecular formula is C16H17ClFN3O3S. The van der Waals surface area contributed by atoms with E-state index in [1.54, 1.807) is 0 Å². The molecule has 0 saturated heterocycles. The van der Waals surface area contributed by atoms with Gasteiger partial charge in [-0.1, -0.05) is 11.6 Å². The van der Waals surface area contributed by atoms with Crippen molar-refractivity contribution in [2.24, 2.45) is 0 Å². The number of sulfonamides is 1. The molecule has 2 rings (SSSR count). The minimum atomic E-state index is -3.51. The highest BCUT2D eigenvalue weighted by Crippen LogP contribution is 2.22. The summed E-state index contributed by atoms with van der Waals surface area (Å²) in [6.45, 7) is -0.0803. The summed E-state index contributed by atoms with van der Waals surface area (Å²) in [7, 11) is -0.630. The molecule has 0 unspecified atom stereocenters. The van der Waals surface area contributed by atoms with Crippen LogP contribution in [-0.2, 0) is 14.8 Å². The standard InChI is InChI=1S/C16H17ClFN3O3S/c1-21(2)25(23,24)13-6-4-12(5-7-13)20-16(22)10-19-15-8-3-11(18)9-14(15)17/h3-9,19H,10H2,1-2H3,(H,20,22). The van der Waals surface area contributed by atoms with Gasteiger partial charge in [0, 0.05) is 19.8 Å². The van der Waals surface area contributed by atoms with Crippen molar-refractivity contribution in [3.63, 3.8) is 0 Å². The average molecular weight is 386 g/mol. The number of nitrogens with zero attached hydrogens (tertiary/aromatic N) is 1. The van der Waals surface area contributed by atoms with Gasteiger partial charge in [-0.2, -0.15) is 0 Å². The van der Waals surface area contributed by atoms with E-state index >= 15 is 0 Å². The van der Waals surface area contributed by atoms with Crippen molar-refractivity contribution in [1.29, 1.82) is 0 Å². The quantitative estimate of drug-likeness (QED) is 0.801. The number of nitrogens with one attached hydrogen (secondary N) is 2. The Labute approximate surface area is 150 Å². The van der Waals surface area contributed by atoms with Crippen molar-refractivity contribution in [2.75, 3.05) is 31.3 Å². The van der Waals surface area contributed by atoms with Gasteiger partial charge < -0.3 is 10.6 Å². The molecule has 0 fully saturated rings. The predicted octanol–water partition coefficient (Wildman–Crippen LogP) is 2.78. The lowest BCUT2D eigenvalue weighted by Crippen LogP contribution is -2.23. The normalized spacial score (nSPS) is 11.4. The first-order valence-corrected chi connectivity index (χ1v) is 9.03. The summed E-state index contributed by atoms with van der Waals surface area (Å²) in [5, 5.41) is 5.59. The number of amides is 1. The Morgan fingerprint density at radius 1 is 1.16 bits per heavy atom. The molecule has 6 nitrogen and oxygen atoms in total. The van der Waals surface area contributed by atoms with Gasteiger partial charge in [0.25, 0.3) is 0 Å². The maximum atomic E-state index is 13.0. The molecule has 2 N–H and O–H groups in total. The highest BCUT2D eigenvalue weighted by atomic mass is 35.5. The second-order valence-electron chi connectivity index (χ2n) is 5.34. The van der Waals surface area contributed by atoms with Gasteiger partial charge in [0.05, 0.1) is 22.2 Å². The van der Waals surface area contributed by atoms with Crippen LogP contribution in [0.2, 0.25) is 5.02 Å². The first-order valence-electron chi connectivity index (χ1n) is 7.21. The van der Waals surface area contributed by atoms with Crippen LogP contribution in [0.15, 0.2) is 47.4 Å². The molecule has 2 aromatic rings. The first kappa shape index (κ1) is 19.2. The molecule has 0 bridgehead atoms. The number of hydrogen-bond donors (Lipinski definition) is 2. The van der Waals surface area contributed by atoms with Crippen molar-refractivity contribution in [1.82, 2.24) is 4.31 Å². The first-order chi connectivity index (χ1) is 11.7. The summed E-state index contributed by atoms with van der Waals surface area (Å²) in [6, 6.07) is 9.64. The smallest absolute Gasteiger partial charge is 0.243 e. The van der Waals surface area contributed by atoms with Crippen molar-refractivity contribution < 1.29 is 17.6 Å². The maximum absolute atomic E-state index is 13.0. The van der Waals surface area contributed by atoms with Gasteiger partial charge >= 0.3 is 0 Å². The molecule has 0 radical (unpaired) electrons. The van der Waals surface area contributed by atoms with Crippen molar-refractivity contribution in [3.05, 3.63) is 53.3 Å². The average Bonchev–Trinajstić information content (AvgIpc) is 2.54. The second-order valence-corrected chi connectivity index (χ2v) is 7.90. The third-order valence-electron chi connectivity index (χ3n) is 3.29. The van der Waals surface area contributed by atoms with Crippen LogP contribution in [0.1, 0.15) is 0 Å². The monoisotopic (exact) mass is 385 g/mol. The van der Waals surface area contributed by atoms with E-state index in [2.05, 4.69) is 10.6 Å². The van der Waals surface area contributed by atoms with Crippen LogP contribution in [-0.4, -0.2) is 39.3 Å². The molecule has 0 spiro atoms. The fraction of sp³-hybridized carbons (Fsp3) is 0.188. The van der Waals surface area contributed by atoms with Gasteiger partial charge in [-0.25, -0.2) is 17.1 Å². The molecule has 0 heterocycles. The minimum absolute atomic E-state index is 0.0803. The molecule has 134 valence electrons. The molecule has 0 aliphatic heterocycles. The second kappa shape index (κ2) is 7.81. The molecule has 0 saturated carbocycles. The maximum Gasteiger partial charge on any atom is 0.243 e. The number of benzene rings is 2. The molecule has 9 heteroatoms. The lowest BCUT2D eigenvalue weighted by atomic mass is 10.3. The molecule has 0 aliphatic carbocycles. The molecular weight excluding hydrogens is 369 g/mol. The molecule has 0 aromatic heterocycles. The summed E-state index contributed by atoms with van der Waals surface area (Å²) in [5.74, 6) is -0.823. The van der Waals surface area contributed by atoms with Crippen LogP contribution in [0.25, 0.3) is 0 Å². The number of hydrogen-bond acceptors (Lipinski definition) is 4. The minimum Gasteiger partial charge on any atom is -0.375 e. The Kier molecular flexibility index (Phi) is 5.99. The summed E-state index contributed by atoms with van der Waals surface area (Å²) in [5.41, 5.74) is 0.889. The van der Waals surface area contributed by atoms with Gasteiger partial charge in [0.1, 0.15) is 5.82 Å². The van der Waals surface area contributed by atoms with Gasteiger partial charge in [-0.15, -0.1) is 0 Å². The van der Waals surface area contributed by atoms with Crippen LogP contribution < -0.4 is 10.6 Å². The topological polar surface area (TPSA) is 78.5 Å².